The van der Waals surface area contributed by atoms with Crippen LogP contribution in [0.2, 0.25) is 0 Å². The summed E-state index contributed by atoms with van der Waals surface area (Å²) in [5.74, 6) is 5.19. The standard InChI is InChI=1S/C6H8IN3/c7-4-1-2-5(8)6(3-4)10-9/h1-3,10H,8-9H2. The van der Waals surface area contributed by atoms with Crippen LogP contribution in [0.15, 0.2) is 18.2 Å². The predicted molar refractivity (Wildman–Crippen MR) is 51.4 cm³/mol. The number of nitrogen functional groups attached to an aromatic ring is 2. The Labute approximate surface area is 72.9 Å². The molecule has 0 aliphatic carbocycles. The molecule has 0 aromatic heterocycles. The molecule has 0 heterocycles. The molecule has 0 spiro atoms. The van der Waals surface area contributed by atoms with Crippen molar-refractivity contribution in [2.75, 3.05) is 11.2 Å². The van der Waals surface area contributed by atoms with Gasteiger partial charge in [0, 0.05) is 3.57 Å². The molecule has 3 nitrogen and oxygen atoms in total. The van der Waals surface area contributed by atoms with Gasteiger partial charge in [0.2, 0.25) is 0 Å². The first-order chi connectivity index (χ1) is 4.74. The summed E-state index contributed by atoms with van der Waals surface area (Å²) in [4.78, 5) is 0. The molecular formula is C6H8IN3. The summed E-state index contributed by atoms with van der Waals surface area (Å²) in [5.41, 5.74) is 9.50. The van der Waals surface area contributed by atoms with Crippen molar-refractivity contribution in [3.8, 4) is 0 Å². The Kier molecular flexibility index (Phi) is 2.34. The Morgan fingerprint density at radius 3 is 2.60 bits per heavy atom. The van der Waals surface area contributed by atoms with Gasteiger partial charge < -0.3 is 11.2 Å². The second kappa shape index (κ2) is 3.07. The molecule has 1 aromatic rings. The van der Waals surface area contributed by atoms with Crippen LogP contribution in [-0.2, 0) is 0 Å². The maximum absolute atomic E-state index is 5.55. The van der Waals surface area contributed by atoms with Gasteiger partial charge in [-0.25, -0.2) is 0 Å². The molecule has 0 amide bonds. The number of hydrogen-bond acceptors (Lipinski definition) is 3. The lowest BCUT2D eigenvalue weighted by Gasteiger charge is -2.03. The van der Waals surface area contributed by atoms with Gasteiger partial charge >= 0.3 is 0 Å². The molecule has 0 unspecified atom stereocenters. The van der Waals surface area contributed by atoms with Gasteiger partial charge in [0.25, 0.3) is 0 Å². The number of hydrazine groups is 1. The van der Waals surface area contributed by atoms with Gasteiger partial charge in [0.05, 0.1) is 11.4 Å². The van der Waals surface area contributed by atoms with Crippen molar-refractivity contribution < 1.29 is 0 Å². The van der Waals surface area contributed by atoms with Crippen LogP contribution in [-0.4, -0.2) is 0 Å². The van der Waals surface area contributed by atoms with Gasteiger partial charge in [0.15, 0.2) is 0 Å². The summed E-state index contributed by atoms with van der Waals surface area (Å²) in [6, 6.07) is 5.63. The zero-order valence-electron chi connectivity index (χ0n) is 5.26. The molecular weight excluding hydrogens is 241 g/mol. The fourth-order valence-electron chi connectivity index (χ4n) is 0.654. The molecule has 0 atom stereocenters. The largest absolute Gasteiger partial charge is 0.397 e. The van der Waals surface area contributed by atoms with Crippen molar-refractivity contribution in [2.24, 2.45) is 5.84 Å². The predicted octanol–water partition coefficient (Wildman–Crippen LogP) is 1.16. The van der Waals surface area contributed by atoms with E-state index in [0.717, 1.165) is 9.26 Å². The molecule has 4 heteroatoms. The van der Waals surface area contributed by atoms with E-state index in [1.165, 1.54) is 0 Å². The van der Waals surface area contributed by atoms with E-state index in [1.54, 1.807) is 0 Å². The Bertz CT molecular complexity index is 236. The zero-order chi connectivity index (χ0) is 7.56. The minimum Gasteiger partial charge on any atom is -0.397 e. The number of halogens is 1. The third-order valence-corrected chi connectivity index (χ3v) is 1.84. The van der Waals surface area contributed by atoms with Gasteiger partial charge in [-0.3, -0.25) is 5.84 Å². The molecule has 54 valence electrons. The molecule has 0 saturated carbocycles. The first kappa shape index (κ1) is 7.62. The lowest BCUT2D eigenvalue weighted by Crippen LogP contribution is -2.08. The average Bonchev–Trinajstić information content (AvgIpc) is 1.94. The first-order valence-electron chi connectivity index (χ1n) is 2.75. The summed E-state index contributed by atoms with van der Waals surface area (Å²) in [6.07, 6.45) is 0. The van der Waals surface area contributed by atoms with E-state index < -0.39 is 0 Å². The Hall–Kier alpha value is -0.490. The fraction of sp³-hybridized carbons (Fsp3) is 0. The third kappa shape index (κ3) is 1.51. The topological polar surface area (TPSA) is 64.1 Å². The van der Waals surface area contributed by atoms with Crippen molar-refractivity contribution in [3.05, 3.63) is 21.8 Å². The number of nitrogens with two attached hydrogens (primary N) is 2. The monoisotopic (exact) mass is 249 g/mol. The lowest BCUT2D eigenvalue weighted by atomic mass is 10.3. The van der Waals surface area contributed by atoms with Crippen molar-refractivity contribution in [2.45, 2.75) is 0 Å². The second-order valence-electron chi connectivity index (χ2n) is 1.88. The molecule has 0 radical (unpaired) electrons. The van der Waals surface area contributed by atoms with E-state index in [-0.39, 0.29) is 0 Å². The van der Waals surface area contributed by atoms with Crippen LogP contribution in [0.5, 0.6) is 0 Å². The normalized spacial score (nSPS) is 9.40. The molecule has 5 N–H and O–H groups in total. The smallest absolute Gasteiger partial charge is 0.0726 e. The first-order valence-corrected chi connectivity index (χ1v) is 3.83. The Morgan fingerprint density at radius 2 is 2.10 bits per heavy atom. The zero-order valence-corrected chi connectivity index (χ0v) is 7.42. The molecule has 0 aliphatic rings. The molecule has 0 saturated heterocycles. The second-order valence-corrected chi connectivity index (χ2v) is 3.12. The van der Waals surface area contributed by atoms with Crippen LogP contribution < -0.4 is 17.0 Å². The molecule has 1 rings (SSSR count). The van der Waals surface area contributed by atoms with Crippen LogP contribution >= 0.6 is 22.6 Å². The summed E-state index contributed by atoms with van der Waals surface area (Å²) < 4.78 is 1.11. The SMILES string of the molecule is NNc1cc(I)ccc1N. The number of nitrogens with one attached hydrogen (secondary N) is 1. The Balaban J connectivity index is 3.09. The van der Waals surface area contributed by atoms with Gasteiger partial charge in [-0.15, -0.1) is 0 Å². The van der Waals surface area contributed by atoms with E-state index in [9.17, 15) is 0 Å². The molecule has 0 aliphatic heterocycles. The number of anilines is 2. The van der Waals surface area contributed by atoms with Crippen LogP contribution in [0, 0.1) is 3.57 Å². The number of rotatable bonds is 1. The third-order valence-electron chi connectivity index (χ3n) is 1.17. The van der Waals surface area contributed by atoms with Crippen LogP contribution in [0.25, 0.3) is 0 Å². The minimum atomic E-state index is 0.669. The highest BCUT2D eigenvalue weighted by atomic mass is 127. The summed E-state index contributed by atoms with van der Waals surface area (Å²) >= 11 is 2.19. The van der Waals surface area contributed by atoms with Crippen LogP contribution in [0.4, 0.5) is 11.4 Å². The van der Waals surface area contributed by atoms with Crippen molar-refractivity contribution in [1.29, 1.82) is 0 Å². The van der Waals surface area contributed by atoms with E-state index in [2.05, 4.69) is 28.0 Å². The molecule has 0 fully saturated rings. The minimum absolute atomic E-state index is 0.669. The van der Waals surface area contributed by atoms with Crippen LogP contribution in [0.3, 0.4) is 0 Å². The van der Waals surface area contributed by atoms with Gasteiger partial charge in [-0.1, -0.05) is 0 Å². The quantitative estimate of drug-likeness (QED) is 0.303. The highest BCUT2D eigenvalue weighted by molar-refractivity contribution is 14.1. The van der Waals surface area contributed by atoms with Gasteiger partial charge in [0.1, 0.15) is 0 Å². The number of hydrogen-bond donors (Lipinski definition) is 3. The lowest BCUT2D eigenvalue weighted by molar-refractivity contribution is 1.35. The number of benzene rings is 1. The maximum atomic E-state index is 5.55. The van der Waals surface area contributed by atoms with E-state index in [4.69, 9.17) is 11.6 Å². The summed E-state index contributed by atoms with van der Waals surface area (Å²) in [5, 5.41) is 0. The fourth-order valence-corrected chi connectivity index (χ4v) is 1.14. The molecule has 0 bridgehead atoms. The van der Waals surface area contributed by atoms with Gasteiger partial charge in [-0.2, -0.15) is 0 Å². The summed E-state index contributed by atoms with van der Waals surface area (Å²) in [6.45, 7) is 0. The summed E-state index contributed by atoms with van der Waals surface area (Å²) in [7, 11) is 0. The van der Waals surface area contributed by atoms with Crippen molar-refractivity contribution >= 4 is 34.0 Å². The molecule has 1 aromatic carbocycles. The molecule has 10 heavy (non-hydrogen) atoms. The average molecular weight is 249 g/mol. The van der Waals surface area contributed by atoms with E-state index >= 15 is 0 Å². The van der Waals surface area contributed by atoms with Gasteiger partial charge in [-0.05, 0) is 40.8 Å². The van der Waals surface area contributed by atoms with Crippen molar-refractivity contribution in [3.63, 3.8) is 0 Å². The van der Waals surface area contributed by atoms with Crippen molar-refractivity contribution in [1.82, 2.24) is 0 Å². The Morgan fingerprint density at radius 1 is 1.40 bits per heavy atom. The van der Waals surface area contributed by atoms with E-state index in [0.29, 0.717) is 5.69 Å². The van der Waals surface area contributed by atoms with E-state index in [1.807, 2.05) is 18.2 Å². The highest BCUT2D eigenvalue weighted by Crippen LogP contribution is 2.19. The maximum Gasteiger partial charge on any atom is 0.0726 e. The highest BCUT2D eigenvalue weighted by Gasteiger charge is 1.95. The van der Waals surface area contributed by atoms with Crippen LogP contribution in [0.1, 0.15) is 0 Å².